The summed E-state index contributed by atoms with van der Waals surface area (Å²) in [7, 11) is 0. The van der Waals surface area contributed by atoms with Crippen molar-refractivity contribution in [1.82, 2.24) is 14.8 Å². The van der Waals surface area contributed by atoms with Crippen LogP contribution < -0.4 is 5.32 Å². The van der Waals surface area contributed by atoms with E-state index in [9.17, 15) is 4.79 Å². The Labute approximate surface area is 149 Å². The highest BCUT2D eigenvalue weighted by Crippen LogP contribution is 2.21. The molecule has 2 heterocycles. The van der Waals surface area contributed by atoms with E-state index in [-0.39, 0.29) is 5.91 Å². The van der Waals surface area contributed by atoms with Crippen LogP contribution in [-0.4, -0.2) is 20.7 Å². The summed E-state index contributed by atoms with van der Waals surface area (Å²) in [6, 6.07) is 7.63. The number of thiazole rings is 1. The molecule has 0 aliphatic carbocycles. The van der Waals surface area contributed by atoms with Crippen molar-refractivity contribution in [2.45, 2.75) is 27.3 Å². The van der Waals surface area contributed by atoms with Crippen molar-refractivity contribution in [2.75, 3.05) is 5.32 Å². The fraction of sp³-hybridized carbons (Fsp3) is 0.235. The molecule has 1 N–H and O–H groups in total. The van der Waals surface area contributed by atoms with Crippen LogP contribution in [0.3, 0.4) is 0 Å². The SMILES string of the molecule is Cc1csc(NC(=O)c2c(C)nn(Cc3ccccc3Cl)c2C)n1. The lowest BCUT2D eigenvalue weighted by atomic mass is 10.2. The molecule has 3 aromatic rings. The quantitative estimate of drug-likeness (QED) is 0.757. The first-order valence-electron chi connectivity index (χ1n) is 7.46. The van der Waals surface area contributed by atoms with Gasteiger partial charge in [-0.1, -0.05) is 29.8 Å². The van der Waals surface area contributed by atoms with Gasteiger partial charge in [0.15, 0.2) is 5.13 Å². The van der Waals surface area contributed by atoms with E-state index in [1.807, 2.05) is 50.4 Å². The highest BCUT2D eigenvalue weighted by atomic mass is 35.5. The van der Waals surface area contributed by atoms with Crippen molar-refractivity contribution in [3.05, 3.63) is 62.9 Å². The number of nitrogens with one attached hydrogen (secondary N) is 1. The molecule has 1 amide bonds. The first kappa shape index (κ1) is 16.7. The molecule has 124 valence electrons. The average Bonchev–Trinajstić information content (AvgIpc) is 3.05. The van der Waals surface area contributed by atoms with Gasteiger partial charge in [-0.3, -0.25) is 14.8 Å². The summed E-state index contributed by atoms with van der Waals surface area (Å²) < 4.78 is 1.80. The van der Waals surface area contributed by atoms with Gasteiger partial charge in [0.25, 0.3) is 5.91 Å². The number of aryl methyl sites for hydroxylation is 2. The predicted molar refractivity (Wildman–Crippen MR) is 97.1 cm³/mol. The Hall–Kier alpha value is -2.18. The standard InChI is InChI=1S/C17H17ClN4OS/c1-10-9-24-17(19-10)20-16(23)15-11(2)21-22(12(15)3)8-13-6-4-5-7-14(13)18/h4-7,9H,8H2,1-3H3,(H,19,20,23). The molecule has 24 heavy (non-hydrogen) atoms. The maximum atomic E-state index is 12.6. The molecular weight excluding hydrogens is 344 g/mol. The lowest BCUT2D eigenvalue weighted by Crippen LogP contribution is -2.14. The van der Waals surface area contributed by atoms with E-state index in [1.165, 1.54) is 11.3 Å². The second kappa shape index (κ2) is 6.75. The molecule has 0 fully saturated rings. The van der Waals surface area contributed by atoms with E-state index >= 15 is 0 Å². The van der Waals surface area contributed by atoms with Crippen molar-refractivity contribution in [1.29, 1.82) is 0 Å². The van der Waals surface area contributed by atoms with Gasteiger partial charge in [-0.05, 0) is 32.4 Å². The van der Waals surface area contributed by atoms with E-state index in [0.717, 1.165) is 17.0 Å². The molecule has 0 aliphatic heterocycles. The van der Waals surface area contributed by atoms with Gasteiger partial charge in [0.05, 0.1) is 23.5 Å². The van der Waals surface area contributed by atoms with E-state index < -0.39 is 0 Å². The molecule has 0 radical (unpaired) electrons. The van der Waals surface area contributed by atoms with Gasteiger partial charge >= 0.3 is 0 Å². The zero-order valence-corrected chi connectivity index (χ0v) is 15.2. The van der Waals surface area contributed by atoms with Gasteiger partial charge in [-0.25, -0.2) is 4.98 Å². The molecule has 0 spiro atoms. The van der Waals surface area contributed by atoms with Crippen LogP contribution in [0.4, 0.5) is 5.13 Å². The molecule has 1 aromatic carbocycles. The largest absolute Gasteiger partial charge is 0.298 e. The number of rotatable bonds is 4. The van der Waals surface area contributed by atoms with Gasteiger partial charge in [-0.2, -0.15) is 5.10 Å². The minimum absolute atomic E-state index is 0.190. The minimum atomic E-state index is -0.190. The summed E-state index contributed by atoms with van der Waals surface area (Å²) in [6.07, 6.45) is 0. The van der Waals surface area contributed by atoms with Gasteiger partial charge in [0, 0.05) is 16.1 Å². The van der Waals surface area contributed by atoms with Crippen molar-refractivity contribution in [2.24, 2.45) is 0 Å². The second-order valence-electron chi connectivity index (χ2n) is 5.54. The van der Waals surface area contributed by atoms with Crippen LogP contribution in [0.1, 0.15) is 33.0 Å². The van der Waals surface area contributed by atoms with Crippen LogP contribution in [0.25, 0.3) is 0 Å². The van der Waals surface area contributed by atoms with Crippen molar-refractivity contribution < 1.29 is 4.79 Å². The number of hydrogen-bond donors (Lipinski definition) is 1. The van der Waals surface area contributed by atoms with Gasteiger partial charge in [0.1, 0.15) is 0 Å². The number of aromatic nitrogens is 3. The monoisotopic (exact) mass is 360 g/mol. The summed E-state index contributed by atoms with van der Waals surface area (Å²) in [5, 5.41) is 10.5. The molecule has 0 unspecified atom stereocenters. The maximum Gasteiger partial charge on any atom is 0.261 e. The van der Waals surface area contributed by atoms with Crippen molar-refractivity contribution in [3.63, 3.8) is 0 Å². The molecule has 3 rings (SSSR count). The predicted octanol–water partition coefficient (Wildman–Crippen LogP) is 4.22. The summed E-state index contributed by atoms with van der Waals surface area (Å²) >= 11 is 7.63. The molecule has 2 aromatic heterocycles. The molecular formula is C17H17ClN4OS. The van der Waals surface area contributed by atoms with Gasteiger partial charge in [-0.15, -0.1) is 11.3 Å². The van der Waals surface area contributed by atoms with E-state index in [1.54, 1.807) is 4.68 Å². The molecule has 0 bridgehead atoms. The normalized spacial score (nSPS) is 10.8. The first-order chi connectivity index (χ1) is 11.5. The Morgan fingerprint density at radius 1 is 1.29 bits per heavy atom. The fourth-order valence-electron chi connectivity index (χ4n) is 2.54. The van der Waals surface area contributed by atoms with Gasteiger partial charge in [0.2, 0.25) is 0 Å². The van der Waals surface area contributed by atoms with Crippen LogP contribution in [0.15, 0.2) is 29.6 Å². The van der Waals surface area contributed by atoms with Crippen LogP contribution in [0.2, 0.25) is 5.02 Å². The lowest BCUT2D eigenvalue weighted by Gasteiger charge is -2.07. The Morgan fingerprint density at radius 3 is 2.71 bits per heavy atom. The Morgan fingerprint density at radius 2 is 2.04 bits per heavy atom. The Kier molecular flexibility index (Phi) is 4.69. The lowest BCUT2D eigenvalue weighted by molar-refractivity contribution is 0.102. The van der Waals surface area contributed by atoms with Crippen LogP contribution in [0.5, 0.6) is 0 Å². The molecule has 0 aliphatic rings. The van der Waals surface area contributed by atoms with E-state index in [4.69, 9.17) is 11.6 Å². The van der Waals surface area contributed by atoms with Gasteiger partial charge < -0.3 is 0 Å². The number of anilines is 1. The Balaban J connectivity index is 1.86. The zero-order valence-electron chi connectivity index (χ0n) is 13.6. The second-order valence-corrected chi connectivity index (χ2v) is 6.81. The summed E-state index contributed by atoms with van der Waals surface area (Å²) in [4.78, 5) is 16.8. The third-order valence-corrected chi connectivity index (χ3v) is 4.97. The molecule has 0 atom stereocenters. The third kappa shape index (κ3) is 3.34. The highest BCUT2D eigenvalue weighted by Gasteiger charge is 2.20. The van der Waals surface area contributed by atoms with Crippen molar-refractivity contribution >= 4 is 34.0 Å². The maximum absolute atomic E-state index is 12.6. The smallest absolute Gasteiger partial charge is 0.261 e. The molecule has 7 heteroatoms. The molecule has 5 nitrogen and oxygen atoms in total. The number of benzene rings is 1. The topological polar surface area (TPSA) is 59.8 Å². The van der Waals surface area contributed by atoms with E-state index in [0.29, 0.717) is 28.0 Å². The zero-order chi connectivity index (χ0) is 17.3. The number of carbonyl (C=O) groups is 1. The average molecular weight is 361 g/mol. The number of carbonyl (C=O) groups excluding carboxylic acids is 1. The van der Waals surface area contributed by atoms with Crippen LogP contribution in [0, 0.1) is 20.8 Å². The number of amides is 1. The number of hydrogen-bond acceptors (Lipinski definition) is 4. The van der Waals surface area contributed by atoms with Crippen LogP contribution in [-0.2, 0) is 6.54 Å². The number of halogens is 1. The minimum Gasteiger partial charge on any atom is -0.298 e. The Bertz CT molecular complexity index is 900. The molecule has 0 saturated carbocycles. The summed E-state index contributed by atoms with van der Waals surface area (Å²) in [5.41, 5.74) is 3.92. The number of nitrogens with zero attached hydrogens (tertiary/aromatic N) is 3. The molecule has 0 saturated heterocycles. The first-order valence-corrected chi connectivity index (χ1v) is 8.72. The summed E-state index contributed by atoms with van der Waals surface area (Å²) in [6.45, 7) is 6.14. The van der Waals surface area contributed by atoms with Crippen LogP contribution >= 0.6 is 22.9 Å². The van der Waals surface area contributed by atoms with E-state index in [2.05, 4.69) is 15.4 Å². The summed E-state index contributed by atoms with van der Waals surface area (Å²) in [5.74, 6) is -0.190. The van der Waals surface area contributed by atoms with Crippen molar-refractivity contribution in [3.8, 4) is 0 Å². The fourth-order valence-corrected chi connectivity index (χ4v) is 3.42. The highest BCUT2D eigenvalue weighted by molar-refractivity contribution is 7.13. The third-order valence-electron chi connectivity index (χ3n) is 3.73.